The fourth-order valence-corrected chi connectivity index (χ4v) is 2.70. The van der Waals surface area contributed by atoms with E-state index in [4.69, 9.17) is 16.7 Å². The zero-order valence-electron chi connectivity index (χ0n) is 13.6. The molecule has 0 bridgehead atoms. The Morgan fingerprint density at radius 2 is 2.16 bits per heavy atom. The largest absolute Gasteiger partial charge is 0.390 e. The van der Waals surface area contributed by atoms with Crippen molar-refractivity contribution in [1.29, 1.82) is 0 Å². The second-order valence-electron chi connectivity index (χ2n) is 5.69. The Labute approximate surface area is 150 Å². The number of aliphatic hydroxyl groups is 1. The van der Waals surface area contributed by atoms with Crippen LogP contribution >= 0.6 is 11.6 Å². The highest BCUT2D eigenvalue weighted by Crippen LogP contribution is 2.18. The molecule has 6 nitrogen and oxygen atoms in total. The standard InChI is InChI=1S/C18H17ClN4O2/c1-12-3-2-4-13(5-12)8-23-9-17(21-11-23)22-18(25)15-7-20-14(10-24)6-16(15)19/h2-7,9,11,24H,8,10H2,1H3,(H,22,25). The van der Waals surface area contributed by atoms with Gasteiger partial charge in [0.2, 0.25) is 0 Å². The second kappa shape index (κ2) is 7.46. The Morgan fingerprint density at radius 1 is 1.32 bits per heavy atom. The van der Waals surface area contributed by atoms with Crippen LogP contribution in [0.15, 0.2) is 49.1 Å². The van der Waals surface area contributed by atoms with Gasteiger partial charge >= 0.3 is 0 Å². The van der Waals surface area contributed by atoms with Crippen LogP contribution in [0.1, 0.15) is 27.2 Å². The van der Waals surface area contributed by atoms with Crippen molar-refractivity contribution in [2.24, 2.45) is 0 Å². The van der Waals surface area contributed by atoms with Crippen LogP contribution in [-0.2, 0) is 13.2 Å². The van der Waals surface area contributed by atoms with Crippen LogP contribution in [0.25, 0.3) is 0 Å². The number of amides is 1. The first-order valence-electron chi connectivity index (χ1n) is 7.69. The summed E-state index contributed by atoms with van der Waals surface area (Å²) in [4.78, 5) is 20.5. The molecule has 128 valence electrons. The maximum absolute atomic E-state index is 12.3. The minimum atomic E-state index is -0.400. The summed E-state index contributed by atoms with van der Waals surface area (Å²) >= 11 is 6.06. The lowest BCUT2D eigenvalue weighted by Crippen LogP contribution is -2.13. The zero-order valence-corrected chi connectivity index (χ0v) is 14.4. The molecule has 0 saturated carbocycles. The van der Waals surface area contributed by atoms with Gasteiger partial charge < -0.3 is 15.0 Å². The Bertz CT molecular complexity index is 908. The SMILES string of the molecule is Cc1cccc(Cn2cnc(NC(=O)c3cnc(CO)cc3Cl)c2)c1. The van der Waals surface area contributed by atoms with E-state index in [-0.39, 0.29) is 17.2 Å². The molecule has 0 unspecified atom stereocenters. The van der Waals surface area contributed by atoms with E-state index in [0.717, 1.165) is 5.56 Å². The molecule has 0 radical (unpaired) electrons. The predicted molar refractivity (Wildman–Crippen MR) is 95.6 cm³/mol. The lowest BCUT2D eigenvalue weighted by molar-refractivity contribution is 0.102. The van der Waals surface area contributed by atoms with Gasteiger partial charge in [0.1, 0.15) is 0 Å². The highest BCUT2D eigenvalue weighted by atomic mass is 35.5. The van der Waals surface area contributed by atoms with Crippen molar-refractivity contribution in [2.45, 2.75) is 20.1 Å². The Morgan fingerprint density at radius 3 is 2.88 bits per heavy atom. The fourth-order valence-electron chi connectivity index (χ4n) is 2.44. The van der Waals surface area contributed by atoms with E-state index in [2.05, 4.69) is 21.4 Å². The summed E-state index contributed by atoms with van der Waals surface area (Å²) < 4.78 is 1.89. The first-order valence-corrected chi connectivity index (χ1v) is 8.07. The van der Waals surface area contributed by atoms with Crippen LogP contribution in [0.4, 0.5) is 5.82 Å². The van der Waals surface area contributed by atoms with Gasteiger partial charge in [-0.15, -0.1) is 0 Å². The minimum absolute atomic E-state index is 0.229. The molecule has 0 aliphatic rings. The van der Waals surface area contributed by atoms with E-state index in [1.165, 1.54) is 17.8 Å². The van der Waals surface area contributed by atoms with Crippen molar-refractivity contribution in [3.8, 4) is 0 Å². The van der Waals surface area contributed by atoms with E-state index < -0.39 is 5.91 Å². The summed E-state index contributed by atoms with van der Waals surface area (Å²) in [6, 6.07) is 9.66. The van der Waals surface area contributed by atoms with E-state index >= 15 is 0 Å². The third-order valence-electron chi connectivity index (χ3n) is 3.64. The average Bonchev–Trinajstić information content (AvgIpc) is 3.01. The van der Waals surface area contributed by atoms with Crippen molar-refractivity contribution in [2.75, 3.05) is 5.32 Å². The lowest BCUT2D eigenvalue weighted by atomic mass is 10.1. The van der Waals surface area contributed by atoms with Crippen LogP contribution in [0.3, 0.4) is 0 Å². The molecule has 1 aromatic carbocycles. The average molecular weight is 357 g/mol. The van der Waals surface area contributed by atoms with Gasteiger partial charge in [-0.3, -0.25) is 9.78 Å². The molecule has 0 spiro atoms. The number of nitrogens with one attached hydrogen (secondary N) is 1. The lowest BCUT2D eigenvalue weighted by Gasteiger charge is -2.05. The number of hydrogen-bond acceptors (Lipinski definition) is 4. The molecule has 2 N–H and O–H groups in total. The fraction of sp³-hybridized carbons (Fsp3) is 0.167. The number of aliphatic hydroxyl groups excluding tert-OH is 1. The molecule has 2 aromatic heterocycles. The number of aryl methyl sites for hydroxylation is 1. The Hall–Kier alpha value is -2.70. The monoisotopic (exact) mass is 356 g/mol. The predicted octanol–water partition coefficient (Wildman–Crippen LogP) is 3.03. The number of carbonyl (C=O) groups excluding carboxylic acids is 1. The number of anilines is 1. The van der Waals surface area contributed by atoms with Crippen molar-refractivity contribution < 1.29 is 9.90 Å². The molecule has 2 heterocycles. The summed E-state index contributed by atoms with van der Waals surface area (Å²) in [7, 11) is 0. The molecule has 0 fully saturated rings. The topological polar surface area (TPSA) is 80.0 Å². The summed E-state index contributed by atoms with van der Waals surface area (Å²) in [6.45, 7) is 2.48. The van der Waals surface area contributed by atoms with Crippen LogP contribution in [0, 0.1) is 6.92 Å². The number of carbonyl (C=O) groups is 1. The van der Waals surface area contributed by atoms with Gasteiger partial charge in [0.25, 0.3) is 5.91 Å². The molecule has 1 amide bonds. The van der Waals surface area contributed by atoms with E-state index in [1.807, 2.05) is 29.7 Å². The van der Waals surface area contributed by atoms with Crippen molar-refractivity contribution in [3.05, 3.63) is 76.5 Å². The van der Waals surface area contributed by atoms with Gasteiger partial charge in [-0.2, -0.15) is 0 Å². The highest BCUT2D eigenvalue weighted by Gasteiger charge is 2.13. The first kappa shape index (κ1) is 17.1. The number of benzene rings is 1. The first-order chi connectivity index (χ1) is 12.0. The minimum Gasteiger partial charge on any atom is -0.390 e. The number of nitrogens with zero attached hydrogens (tertiary/aromatic N) is 3. The van der Waals surface area contributed by atoms with Crippen molar-refractivity contribution in [1.82, 2.24) is 14.5 Å². The summed E-state index contributed by atoms with van der Waals surface area (Å²) in [5.74, 6) is 0.0303. The summed E-state index contributed by atoms with van der Waals surface area (Å²) in [5, 5.41) is 12.0. The number of rotatable bonds is 5. The molecular weight excluding hydrogens is 340 g/mol. The van der Waals surface area contributed by atoms with E-state index in [1.54, 1.807) is 12.5 Å². The maximum Gasteiger partial charge on any atom is 0.259 e. The molecule has 3 rings (SSSR count). The number of halogens is 1. The third-order valence-corrected chi connectivity index (χ3v) is 3.95. The zero-order chi connectivity index (χ0) is 17.8. The van der Waals surface area contributed by atoms with Gasteiger partial charge in [0.15, 0.2) is 5.82 Å². The number of hydrogen-bond donors (Lipinski definition) is 2. The Kier molecular flexibility index (Phi) is 5.11. The van der Waals surface area contributed by atoms with Gasteiger partial charge in [0.05, 0.1) is 29.2 Å². The van der Waals surface area contributed by atoms with Crippen LogP contribution in [0.2, 0.25) is 5.02 Å². The van der Waals surface area contributed by atoms with Gasteiger partial charge in [-0.05, 0) is 18.6 Å². The molecule has 0 aliphatic carbocycles. The quantitative estimate of drug-likeness (QED) is 0.736. The van der Waals surface area contributed by atoms with E-state index in [9.17, 15) is 4.79 Å². The van der Waals surface area contributed by atoms with Crippen LogP contribution < -0.4 is 5.32 Å². The van der Waals surface area contributed by atoms with Gasteiger partial charge in [-0.25, -0.2) is 4.98 Å². The smallest absolute Gasteiger partial charge is 0.259 e. The second-order valence-corrected chi connectivity index (χ2v) is 6.10. The highest BCUT2D eigenvalue weighted by molar-refractivity contribution is 6.34. The molecule has 0 saturated heterocycles. The summed E-state index contributed by atoms with van der Waals surface area (Å²) in [5.41, 5.74) is 2.98. The maximum atomic E-state index is 12.3. The van der Waals surface area contributed by atoms with Gasteiger partial charge in [-0.1, -0.05) is 41.4 Å². The Balaban J connectivity index is 1.69. The molecule has 7 heteroatoms. The normalized spacial score (nSPS) is 10.7. The molecule has 0 aliphatic heterocycles. The number of aromatic nitrogens is 3. The third kappa shape index (κ3) is 4.23. The number of pyridine rings is 1. The number of imidazole rings is 1. The van der Waals surface area contributed by atoms with Crippen LogP contribution in [-0.4, -0.2) is 25.5 Å². The van der Waals surface area contributed by atoms with Crippen LogP contribution in [0.5, 0.6) is 0 Å². The van der Waals surface area contributed by atoms with E-state index in [0.29, 0.717) is 18.1 Å². The molecular formula is C18H17ClN4O2. The molecule has 25 heavy (non-hydrogen) atoms. The van der Waals surface area contributed by atoms with Gasteiger partial charge in [0, 0.05) is 18.9 Å². The van der Waals surface area contributed by atoms with Crippen molar-refractivity contribution >= 4 is 23.3 Å². The summed E-state index contributed by atoms with van der Waals surface area (Å²) in [6.07, 6.45) is 4.75. The van der Waals surface area contributed by atoms with Crippen molar-refractivity contribution in [3.63, 3.8) is 0 Å². The molecule has 3 aromatic rings. The molecule has 0 atom stereocenters.